The van der Waals surface area contributed by atoms with Crippen LogP contribution in [0.3, 0.4) is 0 Å². The van der Waals surface area contributed by atoms with Crippen LogP contribution in [-0.2, 0) is 4.79 Å². The van der Waals surface area contributed by atoms with Crippen LogP contribution in [-0.4, -0.2) is 53.5 Å². The van der Waals surface area contributed by atoms with E-state index in [2.05, 4.69) is 16.8 Å². The number of nitro groups is 1. The highest BCUT2D eigenvalue weighted by Crippen LogP contribution is 2.22. The molecule has 158 valence electrons. The molecule has 1 aliphatic heterocycles. The van der Waals surface area contributed by atoms with Crippen LogP contribution in [0.25, 0.3) is 6.08 Å². The number of amides is 1. The zero-order valence-electron chi connectivity index (χ0n) is 17.3. The lowest BCUT2D eigenvalue weighted by atomic mass is 10.2. The second-order valence-electron chi connectivity index (χ2n) is 7.15. The number of rotatable bonds is 7. The van der Waals surface area contributed by atoms with E-state index < -0.39 is 4.92 Å². The summed E-state index contributed by atoms with van der Waals surface area (Å²) in [6, 6.07) is 9.18. The molecule has 8 nitrogen and oxygen atoms in total. The van der Waals surface area contributed by atoms with Gasteiger partial charge in [0.15, 0.2) is 0 Å². The molecule has 2 heterocycles. The maximum Gasteiger partial charge on any atom is 0.287 e. The van der Waals surface area contributed by atoms with Gasteiger partial charge in [-0.25, -0.2) is 4.98 Å². The van der Waals surface area contributed by atoms with Gasteiger partial charge in [0.2, 0.25) is 5.91 Å². The van der Waals surface area contributed by atoms with Crippen molar-refractivity contribution in [2.45, 2.75) is 20.3 Å². The Balaban J connectivity index is 1.54. The average molecular weight is 410 g/mol. The molecule has 1 amide bonds. The molecule has 0 saturated carbocycles. The zero-order valence-corrected chi connectivity index (χ0v) is 17.3. The first kappa shape index (κ1) is 21.3. The van der Waals surface area contributed by atoms with Gasteiger partial charge in [0.1, 0.15) is 17.8 Å². The Morgan fingerprint density at radius 2 is 1.93 bits per heavy atom. The predicted octanol–water partition coefficient (Wildman–Crippen LogP) is 3.45. The van der Waals surface area contributed by atoms with E-state index in [9.17, 15) is 14.9 Å². The van der Waals surface area contributed by atoms with Crippen LogP contribution in [0.15, 0.2) is 42.6 Å². The molecular weight excluding hydrogens is 384 g/mol. The summed E-state index contributed by atoms with van der Waals surface area (Å²) in [6.45, 7) is 6.98. The van der Waals surface area contributed by atoms with Crippen molar-refractivity contribution in [3.05, 3.63) is 63.8 Å². The Labute approximate surface area is 175 Å². The molecule has 1 aromatic heterocycles. The fourth-order valence-electron chi connectivity index (χ4n) is 3.29. The van der Waals surface area contributed by atoms with E-state index >= 15 is 0 Å². The predicted molar refractivity (Wildman–Crippen MR) is 116 cm³/mol. The minimum absolute atomic E-state index is 0.0137. The van der Waals surface area contributed by atoms with Crippen molar-refractivity contribution in [2.75, 3.05) is 37.7 Å². The minimum atomic E-state index is -0.446. The molecule has 1 aromatic carbocycles. The van der Waals surface area contributed by atoms with Crippen molar-refractivity contribution in [1.82, 2.24) is 9.88 Å². The molecule has 2 aromatic rings. The minimum Gasteiger partial charge on any atom is -0.494 e. The third-order valence-corrected chi connectivity index (χ3v) is 4.91. The maximum absolute atomic E-state index is 12.5. The van der Waals surface area contributed by atoms with Crippen LogP contribution in [0, 0.1) is 17.0 Å². The molecule has 0 unspecified atom stereocenters. The van der Waals surface area contributed by atoms with Gasteiger partial charge in [-0.05, 0) is 42.7 Å². The number of aryl methyl sites for hydroxylation is 1. The van der Waals surface area contributed by atoms with Crippen molar-refractivity contribution >= 4 is 23.5 Å². The molecule has 0 atom stereocenters. The molecule has 0 spiro atoms. The van der Waals surface area contributed by atoms with Gasteiger partial charge in [0, 0.05) is 38.3 Å². The van der Waals surface area contributed by atoms with E-state index in [1.54, 1.807) is 17.1 Å². The molecule has 0 bridgehead atoms. The number of anilines is 1. The highest BCUT2D eigenvalue weighted by atomic mass is 16.6. The first-order chi connectivity index (χ1) is 14.5. The summed E-state index contributed by atoms with van der Waals surface area (Å²) in [5.74, 6) is 1.52. The summed E-state index contributed by atoms with van der Waals surface area (Å²) >= 11 is 0. The van der Waals surface area contributed by atoms with Crippen LogP contribution >= 0.6 is 0 Å². The Hall–Kier alpha value is -3.42. The maximum atomic E-state index is 12.5. The number of carbonyl (C=O) groups is 1. The first-order valence-corrected chi connectivity index (χ1v) is 10.0. The number of benzene rings is 1. The summed E-state index contributed by atoms with van der Waals surface area (Å²) in [5.41, 5.74) is 1.69. The van der Waals surface area contributed by atoms with Crippen molar-refractivity contribution in [2.24, 2.45) is 0 Å². The second kappa shape index (κ2) is 9.87. The van der Waals surface area contributed by atoms with Crippen LogP contribution < -0.4 is 9.64 Å². The van der Waals surface area contributed by atoms with Crippen LogP contribution in [0.5, 0.6) is 5.75 Å². The molecule has 1 aliphatic rings. The van der Waals surface area contributed by atoms with Gasteiger partial charge in [0.05, 0.1) is 11.5 Å². The monoisotopic (exact) mass is 410 g/mol. The SMILES string of the molecule is CCCOc1ccc(/C=C/C(=O)N2CCN(c3ncc([N+](=O)[O-])cc3C)CC2)cc1. The van der Waals surface area contributed by atoms with E-state index in [1.807, 2.05) is 31.2 Å². The first-order valence-electron chi connectivity index (χ1n) is 10.0. The molecule has 3 rings (SSSR count). The molecule has 0 N–H and O–H groups in total. The van der Waals surface area contributed by atoms with Gasteiger partial charge in [-0.2, -0.15) is 0 Å². The highest BCUT2D eigenvalue weighted by Gasteiger charge is 2.22. The van der Waals surface area contributed by atoms with Gasteiger partial charge < -0.3 is 14.5 Å². The number of nitrogens with zero attached hydrogens (tertiary/aromatic N) is 4. The number of carbonyl (C=O) groups excluding carboxylic acids is 1. The standard InChI is InChI=1S/C22H26N4O4/c1-3-14-30-20-7-4-18(5-8-20)6-9-21(27)24-10-12-25(13-11-24)22-17(2)15-19(16-23-22)26(28)29/h4-9,15-16H,3,10-14H2,1-2H3/b9-6+. The number of piperazine rings is 1. The lowest BCUT2D eigenvalue weighted by Crippen LogP contribution is -2.48. The molecule has 0 aliphatic carbocycles. The quantitative estimate of drug-likeness (QED) is 0.395. The van der Waals surface area contributed by atoms with Crippen molar-refractivity contribution < 1.29 is 14.5 Å². The van der Waals surface area contributed by atoms with Gasteiger partial charge >= 0.3 is 0 Å². The van der Waals surface area contributed by atoms with E-state index in [4.69, 9.17) is 4.74 Å². The molecular formula is C22H26N4O4. The van der Waals surface area contributed by atoms with Gasteiger partial charge in [-0.1, -0.05) is 19.1 Å². The second-order valence-corrected chi connectivity index (χ2v) is 7.15. The zero-order chi connectivity index (χ0) is 21.5. The van der Waals surface area contributed by atoms with Crippen molar-refractivity contribution in [3.8, 4) is 5.75 Å². The molecule has 8 heteroatoms. The summed E-state index contributed by atoms with van der Waals surface area (Å²) in [6.07, 6.45) is 5.64. The third kappa shape index (κ3) is 5.34. The van der Waals surface area contributed by atoms with Crippen molar-refractivity contribution in [1.29, 1.82) is 0 Å². The number of hydrogen-bond donors (Lipinski definition) is 0. The third-order valence-electron chi connectivity index (χ3n) is 4.91. The van der Waals surface area contributed by atoms with E-state index in [0.717, 1.165) is 29.1 Å². The van der Waals surface area contributed by atoms with Gasteiger partial charge in [0.25, 0.3) is 5.69 Å². The highest BCUT2D eigenvalue weighted by molar-refractivity contribution is 5.92. The fraction of sp³-hybridized carbons (Fsp3) is 0.364. The van der Waals surface area contributed by atoms with Gasteiger partial charge in [-0.15, -0.1) is 0 Å². The Kier molecular flexibility index (Phi) is 7.00. The Morgan fingerprint density at radius 3 is 2.53 bits per heavy atom. The number of hydrogen-bond acceptors (Lipinski definition) is 6. The summed E-state index contributed by atoms with van der Waals surface area (Å²) in [5, 5.41) is 10.9. The molecule has 30 heavy (non-hydrogen) atoms. The van der Waals surface area contributed by atoms with E-state index in [1.165, 1.54) is 12.3 Å². The Bertz CT molecular complexity index is 919. The summed E-state index contributed by atoms with van der Waals surface area (Å²) in [4.78, 5) is 31.1. The van der Waals surface area contributed by atoms with Crippen LogP contribution in [0.1, 0.15) is 24.5 Å². The summed E-state index contributed by atoms with van der Waals surface area (Å²) in [7, 11) is 0. The van der Waals surface area contributed by atoms with E-state index in [0.29, 0.717) is 32.8 Å². The normalized spacial score (nSPS) is 14.2. The number of ether oxygens (including phenoxy) is 1. The molecule has 0 radical (unpaired) electrons. The number of pyridine rings is 1. The van der Waals surface area contributed by atoms with Crippen LogP contribution in [0.4, 0.5) is 11.5 Å². The number of aromatic nitrogens is 1. The molecule has 1 fully saturated rings. The fourth-order valence-corrected chi connectivity index (χ4v) is 3.29. The van der Waals surface area contributed by atoms with Crippen molar-refractivity contribution in [3.63, 3.8) is 0 Å². The average Bonchev–Trinajstić information content (AvgIpc) is 2.76. The lowest BCUT2D eigenvalue weighted by Gasteiger charge is -2.35. The smallest absolute Gasteiger partial charge is 0.287 e. The Morgan fingerprint density at radius 1 is 1.23 bits per heavy atom. The summed E-state index contributed by atoms with van der Waals surface area (Å²) < 4.78 is 5.56. The van der Waals surface area contributed by atoms with Crippen LogP contribution in [0.2, 0.25) is 0 Å². The largest absolute Gasteiger partial charge is 0.494 e. The lowest BCUT2D eigenvalue weighted by molar-refractivity contribution is -0.385. The van der Waals surface area contributed by atoms with E-state index in [-0.39, 0.29) is 11.6 Å². The van der Waals surface area contributed by atoms with Gasteiger partial charge in [-0.3, -0.25) is 14.9 Å². The molecule has 1 saturated heterocycles. The topological polar surface area (TPSA) is 88.8 Å².